The topological polar surface area (TPSA) is 120 Å². The maximum absolute atomic E-state index is 12.8. The van der Waals surface area contributed by atoms with E-state index in [-0.39, 0.29) is 36.2 Å². The number of hydrogen-bond acceptors (Lipinski definition) is 5. The molecule has 0 aromatic heterocycles. The fourth-order valence-corrected chi connectivity index (χ4v) is 4.11. The molecule has 0 spiro atoms. The van der Waals surface area contributed by atoms with E-state index >= 15 is 0 Å². The highest BCUT2D eigenvalue weighted by atomic mass is 16.5. The first-order valence-electron chi connectivity index (χ1n) is 11.2. The van der Waals surface area contributed by atoms with Crippen LogP contribution in [0.5, 0.6) is 0 Å². The van der Waals surface area contributed by atoms with Crippen molar-refractivity contribution in [2.24, 2.45) is 11.8 Å². The van der Waals surface area contributed by atoms with E-state index in [1.54, 1.807) is 6.92 Å². The van der Waals surface area contributed by atoms with Crippen LogP contribution in [0.3, 0.4) is 0 Å². The summed E-state index contributed by atoms with van der Waals surface area (Å²) in [6.07, 6.45) is 6.22. The molecule has 0 aromatic carbocycles. The van der Waals surface area contributed by atoms with Crippen molar-refractivity contribution in [1.82, 2.24) is 16.0 Å². The van der Waals surface area contributed by atoms with Crippen LogP contribution in [0, 0.1) is 23.2 Å². The number of nitriles is 1. The summed E-state index contributed by atoms with van der Waals surface area (Å²) in [5.74, 6) is -0.879. The summed E-state index contributed by atoms with van der Waals surface area (Å²) >= 11 is 0. The summed E-state index contributed by atoms with van der Waals surface area (Å²) in [5, 5.41) is 17.7. The zero-order valence-corrected chi connectivity index (χ0v) is 18.4. The van der Waals surface area contributed by atoms with Crippen molar-refractivity contribution < 1.29 is 19.1 Å². The van der Waals surface area contributed by atoms with Crippen LogP contribution < -0.4 is 16.0 Å². The van der Waals surface area contributed by atoms with Gasteiger partial charge in [0.15, 0.2) is 0 Å². The first-order valence-corrected chi connectivity index (χ1v) is 11.2. The van der Waals surface area contributed by atoms with Crippen LogP contribution in [-0.2, 0) is 19.1 Å². The Kier molecular flexibility index (Phi) is 9.57. The van der Waals surface area contributed by atoms with E-state index in [0.717, 1.165) is 25.7 Å². The molecule has 0 radical (unpaired) electrons. The molecule has 2 rings (SSSR count). The van der Waals surface area contributed by atoms with Gasteiger partial charge >= 0.3 is 0 Å². The number of ether oxygens (including phenoxy) is 1. The Hall–Kier alpha value is -2.14. The van der Waals surface area contributed by atoms with E-state index in [0.29, 0.717) is 19.4 Å². The second-order valence-corrected chi connectivity index (χ2v) is 8.93. The summed E-state index contributed by atoms with van der Waals surface area (Å²) in [5.41, 5.74) is 0. The lowest BCUT2D eigenvalue weighted by molar-refractivity contribution is -0.140. The van der Waals surface area contributed by atoms with Gasteiger partial charge in [0.1, 0.15) is 18.2 Å². The number of nitrogens with one attached hydrogen (secondary N) is 3. The molecule has 168 valence electrons. The molecule has 0 bridgehead atoms. The lowest BCUT2D eigenvalue weighted by atomic mass is 9.97. The van der Waals surface area contributed by atoms with Gasteiger partial charge in [0.25, 0.3) is 0 Å². The monoisotopic (exact) mass is 420 g/mol. The Morgan fingerprint density at radius 2 is 1.83 bits per heavy atom. The quantitative estimate of drug-likeness (QED) is 0.498. The number of amides is 3. The molecule has 1 saturated carbocycles. The van der Waals surface area contributed by atoms with Crippen molar-refractivity contribution >= 4 is 17.7 Å². The molecule has 0 unspecified atom stereocenters. The Morgan fingerprint density at radius 1 is 1.13 bits per heavy atom. The van der Waals surface area contributed by atoms with Gasteiger partial charge in [0.05, 0.1) is 12.2 Å². The van der Waals surface area contributed by atoms with Crippen LogP contribution in [0.4, 0.5) is 0 Å². The minimum Gasteiger partial charge on any atom is -0.365 e. The zero-order valence-electron chi connectivity index (χ0n) is 18.4. The van der Waals surface area contributed by atoms with Gasteiger partial charge in [0, 0.05) is 12.5 Å². The Bertz CT molecular complexity index is 640. The molecule has 1 aliphatic carbocycles. The highest BCUT2D eigenvalue weighted by molar-refractivity contribution is 5.89. The molecule has 2 aliphatic rings. The van der Waals surface area contributed by atoms with E-state index in [1.165, 1.54) is 6.42 Å². The van der Waals surface area contributed by atoms with E-state index in [2.05, 4.69) is 22.0 Å². The maximum atomic E-state index is 12.8. The highest BCUT2D eigenvalue weighted by Crippen LogP contribution is 2.21. The largest absolute Gasteiger partial charge is 0.365 e. The highest BCUT2D eigenvalue weighted by Gasteiger charge is 2.31. The molecule has 8 nitrogen and oxygen atoms in total. The standard InChI is InChI=1S/C22H36N4O4/c1-14(2)11-19(26-20(27)15(3)30-18-7-5-4-6-8-18)22(29)25-17(13-23)12-16-9-10-24-21(16)28/h14-19H,4-12H2,1-3H3,(H,24,28)(H,25,29)(H,26,27)/t15-,16+,17+,19+/m1/s1. The minimum atomic E-state index is -0.770. The van der Waals surface area contributed by atoms with Crippen molar-refractivity contribution in [1.29, 1.82) is 5.26 Å². The van der Waals surface area contributed by atoms with Crippen LogP contribution in [0.25, 0.3) is 0 Å². The summed E-state index contributed by atoms with van der Waals surface area (Å²) in [6.45, 7) is 6.25. The summed E-state index contributed by atoms with van der Waals surface area (Å²) in [4.78, 5) is 37.3. The average molecular weight is 421 g/mol. The van der Waals surface area contributed by atoms with E-state index < -0.39 is 24.1 Å². The van der Waals surface area contributed by atoms with Crippen molar-refractivity contribution in [3.05, 3.63) is 0 Å². The van der Waals surface area contributed by atoms with Crippen LogP contribution in [-0.4, -0.2) is 48.6 Å². The molecule has 1 aliphatic heterocycles. The molecule has 3 N–H and O–H groups in total. The smallest absolute Gasteiger partial charge is 0.249 e. The summed E-state index contributed by atoms with van der Waals surface area (Å²) < 4.78 is 5.90. The van der Waals surface area contributed by atoms with Gasteiger partial charge in [-0.05, 0) is 44.9 Å². The van der Waals surface area contributed by atoms with Crippen LogP contribution in [0.15, 0.2) is 0 Å². The van der Waals surface area contributed by atoms with Gasteiger partial charge < -0.3 is 20.7 Å². The van der Waals surface area contributed by atoms with Crippen molar-refractivity contribution in [3.8, 4) is 6.07 Å². The van der Waals surface area contributed by atoms with Gasteiger partial charge in [-0.2, -0.15) is 5.26 Å². The van der Waals surface area contributed by atoms with Crippen molar-refractivity contribution in [2.75, 3.05) is 6.54 Å². The maximum Gasteiger partial charge on any atom is 0.249 e. The summed E-state index contributed by atoms with van der Waals surface area (Å²) in [7, 11) is 0. The Labute approximate surface area is 179 Å². The molecule has 3 amide bonds. The molecular weight excluding hydrogens is 384 g/mol. The molecule has 8 heteroatoms. The molecule has 30 heavy (non-hydrogen) atoms. The van der Waals surface area contributed by atoms with Gasteiger partial charge in [-0.1, -0.05) is 33.1 Å². The zero-order chi connectivity index (χ0) is 22.1. The summed E-state index contributed by atoms with van der Waals surface area (Å²) in [6, 6.07) is 0.553. The second-order valence-electron chi connectivity index (χ2n) is 8.93. The van der Waals surface area contributed by atoms with E-state index in [1.807, 2.05) is 13.8 Å². The van der Waals surface area contributed by atoms with Crippen molar-refractivity contribution in [3.63, 3.8) is 0 Å². The minimum absolute atomic E-state index is 0.0785. The number of nitrogens with zero attached hydrogens (tertiary/aromatic N) is 1. The van der Waals surface area contributed by atoms with Crippen LogP contribution in [0.2, 0.25) is 0 Å². The Morgan fingerprint density at radius 3 is 2.40 bits per heavy atom. The number of rotatable bonds is 10. The lowest BCUT2D eigenvalue weighted by Crippen LogP contribution is -2.52. The van der Waals surface area contributed by atoms with Gasteiger partial charge in [-0.15, -0.1) is 0 Å². The Balaban J connectivity index is 1.91. The normalized spacial score (nSPS) is 22.6. The third-order valence-electron chi connectivity index (χ3n) is 5.81. The fraction of sp³-hybridized carbons (Fsp3) is 0.818. The first-order chi connectivity index (χ1) is 14.3. The van der Waals surface area contributed by atoms with E-state index in [4.69, 9.17) is 4.74 Å². The fourth-order valence-electron chi connectivity index (χ4n) is 4.11. The first kappa shape index (κ1) is 24.1. The number of hydrogen-bond donors (Lipinski definition) is 3. The van der Waals surface area contributed by atoms with Gasteiger partial charge in [-0.25, -0.2) is 0 Å². The predicted octanol–water partition coefficient (Wildman–Crippen LogP) is 1.79. The van der Waals surface area contributed by atoms with Gasteiger partial charge in [-0.3, -0.25) is 14.4 Å². The third-order valence-corrected chi connectivity index (χ3v) is 5.81. The SMILES string of the molecule is CC(C)C[C@H](NC(=O)[C@@H](C)OC1CCCCC1)C(=O)N[C@H](C#N)C[C@@H]1CCNC1=O. The molecule has 0 aromatic rings. The molecule has 1 heterocycles. The van der Waals surface area contributed by atoms with Crippen LogP contribution >= 0.6 is 0 Å². The molecule has 4 atom stereocenters. The van der Waals surface area contributed by atoms with Gasteiger partial charge in [0.2, 0.25) is 17.7 Å². The second kappa shape index (κ2) is 11.9. The third kappa shape index (κ3) is 7.60. The number of carbonyl (C=O) groups is 3. The molecular formula is C22H36N4O4. The number of carbonyl (C=O) groups excluding carboxylic acids is 3. The van der Waals surface area contributed by atoms with Crippen LogP contribution in [0.1, 0.15) is 72.1 Å². The van der Waals surface area contributed by atoms with E-state index in [9.17, 15) is 19.6 Å². The molecule has 1 saturated heterocycles. The average Bonchev–Trinajstić information content (AvgIpc) is 3.11. The van der Waals surface area contributed by atoms with Crippen molar-refractivity contribution in [2.45, 2.75) is 96.4 Å². The lowest BCUT2D eigenvalue weighted by Gasteiger charge is -2.27. The molecule has 2 fully saturated rings. The predicted molar refractivity (Wildman–Crippen MR) is 112 cm³/mol.